The van der Waals surface area contributed by atoms with Crippen LogP contribution in [0.15, 0.2) is 34.8 Å². The normalized spacial score (nSPS) is 18.9. The summed E-state index contributed by atoms with van der Waals surface area (Å²) < 4.78 is 1.79. The number of oxime groups is 1. The molecule has 0 N–H and O–H groups in total. The summed E-state index contributed by atoms with van der Waals surface area (Å²) in [4.78, 5) is 25.2. The van der Waals surface area contributed by atoms with Crippen molar-refractivity contribution in [3.8, 4) is 0 Å². The van der Waals surface area contributed by atoms with E-state index in [1.54, 1.807) is 16.0 Å². The van der Waals surface area contributed by atoms with Crippen LogP contribution in [0.1, 0.15) is 58.9 Å². The molecular formula is C24H25ClN5O2S. The topological polar surface area (TPSA) is 72.6 Å². The molecule has 171 valence electrons. The van der Waals surface area contributed by atoms with E-state index in [1.807, 2.05) is 43.0 Å². The third kappa shape index (κ3) is 4.68. The summed E-state index contributed by atoms with van der Waals surface area (Å²) in [6.07, 6.45) is 2.23. The summed E-state index contributed by atoms with van der Waals surface area (Å²) in [7, 11) is 0. The third-order valence-corrected chi connectivity index (χ3v) is 7.57. The highest BCUT2D eigenvalue weighted by Gasteiger charge is 2.29. The average Bonchev–Trinajstić information content (AvgIpc) is 3.54. The van der Waals surface area contributed by atoms with Crippen LogP contribution in [-0.4, -0.2) is 44.4 Å². The van der Waals surface area contributed by atoms with E-state index in [4.69, 9.17) is 21.4 Å². The standard InChI is InChI=1S/C24H25ClN5O2S/c1-15-11-16(2)30(27-15)13-23(31)29-9-7-17(8-10-29)24-26-21(14-33-24)20-12-22(32-28-20)18-5-3-4-6-19(18)25/h3-4,6,11,14,17,22H,7-10,12-13H2,1-2H3/t22-/m1/s1. The number of nitrogens with zero attached hydrogens (tertiary/aromatic N) is 5. The number of rotatable bonds is 5. The highest BCUT2D eigenvalue weighted by Crippen LogP contribution is 2.35. The molecule has 2 aliphatic rings. The largest absolute Gasteiger partial charge is 0.387 e. The molecule has 7 nitrogen and oxygen atoms in total. The first-order valence-electron chi connectivity index (χ1n) is 11.1. The molecule has 3 aromatic rings. The zero-order valence-electron chi connectivity index (χ0n) is 18.6. The second-order valence-corrected chi connectivity index (χ2v) is 9.88. The lowest BCUT2D eigenvalue weighted by Crippen LogP contribution is -2.40. The monoisotopic (exact) mass is 482 g/mol. The highest BCUT2D eigenvalue weighted by molar-refractivity contribution is 7.10. The van der Waals surface area contributed by atoms with Gasteiger partial charge < -0.3 is 9.74 Å². The molecule has 0 spiro atoms. The maximum absolute atomic E-state index is 12.7. The maximum Gasteiger partial charge on any atom is 0.244 e. The first-order chi connectivity index (χ1) is 16.0. The van der Waals surface area contributed by atoms with Crippen LogP contribution in [0.5, 0.6) is 0 Å². The Balaban J connectivity index is 1.17. The smallest absolute Gasteiger partial charge is 0.244 e. The summed E-state index contributed by atoms with van der Waals surface area (Å²) >= 11 is 7.94. The van der Waals surface area contributed by atoms with Gasteiger partial charge in [0.15, 0.2) is 6.10 Å². The van der Waals surface area contributed by atoms with Crippen LogP contribution in [-0.2, 0) is 16.2 Å². The fourth-order valence-corrected chi connectivity index (χ4v) is 5.66. The van der Waals surface area contributed by atoms with Crippen molar-refractivity contribution in [1.29, 1.82) is 0 Å². The van der Waals surface area contributed by atoms with Crippen molar-refractivity contribution in [2.45, 2.75) is 51.7 Å². The van der Waals surface area contributed by atoms with Gasteiger partial charge in [-0.1, -0.05) is 28.9 Å². The van der Waals surface area contributed by atoms with Gasteiger partial charge in [0.05, 0.1) is 16.4 Å². The molecule has 1 saturated heterocycles. The van der Waals surface area contributed by atoms with Gasteiger partial charge in [-0.15, -0.1) is 11.3 Å². The van der Waals surface area contributed by atoms with Gasteiger partial charge in [-0.2, -0.15) is 5.10 Å². The summed E-state index contributed by atoms with van der Waals surface area (Å²) in [6.45, 7) is 5.71. The lowest BCUT2D eigenvalue weighted by atomic mass is 9.97. The fraction of sp³-hybridized carbons (Fsp3) is 0.417. The number of hydrogen-bond acceptors (Lipinski definition) is 6. The summed E-state index contributed by atoms with van der Waals surface area (Å²) in [5, 5.41) is 12.5. The van der Waals surface area contributed by atoms with Gasteiger partial charge >= 0.3 is 0 Å². The van der Waals surface area contributed by atoms with E-state index in [9.17, 15) is 4.79 Å². The molecule has 0 unspecified atom stereocenters. The average molecular weight is 483 g/mol. The van der Waals surface area contributed by atoms with E-state index in [1.165, 1.54) is 0 Å². The summed E-state index contributed by atoms with van der Waals surface area (Å²) in [5.41, 5.74) is 4.48. The molecule has 2 aliphatic heterocycles. The zero-order valence-corrected chi connectivity index (χ0v) is 20.2. The van der Waals surface area contributed by atoms with Crippen molar-refractivity contribution in [3.05, 3.63) is 68.4 Å². The van der Waals surface area contributed by atoms with Crippen LogP contribution in [0.25, 0.3) is 0 Å². The zero-order chi connectivity index (χ0) is 22.9. The van der Waals surface area contributed by atoms with Gasteiger partial charge in [-0.3, -0.25) is 9.48 Å². The fourth-order valence-electron chi connectivity index (χ4n) is 4.41. The number of benzene rings is 1. The molecule has 1 aromatic carbocycles. The van der Waals surface area contributed by atoms with Gasteiger partial charge in [-0.05, 0) is 44.9 Å². The molecule has 9 heteroatoms. The highest BCUT2D eigenvalue weighted by atomic mass is 35.5. The first-order valence-corrected chi connectivity index (χ1v) is 12.4. The Morgan fingerprint density at radius 3 is 2.88 bits per heavy atom. The number of carbonyl (C=O) groups is 1. The minimum absolute atomic E-state index is 0.124. The van der Waals surface area contributed by atoms with Crippen LogP contribution < -0.4 is 0 Å². The first kappa shape index (κ1) is 22.1. The third-order valence-electron chi connectivity index (χ3n) is 6.23. The minimum atomic E-state index is -0.227. The van der Waals surface area contributed by atoms with Crippen LogP contribution in [0.4, 0.5) is 0 Å². The molecular weight excluding hydrogens is 458 g/mol. The number of halogens is 1. The molecule has 2 aromatic heterocycles. The Labute approximate surface area is 202 Å². The molecule has 1 fully saturated rings. The predicted molar refractivity (Wildman–Crippen MR) is 128 cm³/mol. The molecule has 0 bridgehead atoms. The number of thiazole rings is 1. The number of aryl methyl sites for hydroxylation is 2. The van der Waals surface area contributed by atoms with Crippen molar-refractivity contribution in [2.24, 2.45) is 5.16 Å². The Bertz CT molecular complexity index is 1200. The maximum atomic E-state index is 12.7. The van der Waals surface area contributed by atoms with Gasteiger partial charge in [0.2, 0.25) is 5.91 Å². The quantitative estimate of drug-likeness (QED) is 0.529. The Morgan fingerprint density at radius 2 is 2.15 bits per heavy atom. The van der Waals surface area contributed by atoms with Crippen molar-refractivity contribution in [1.82, 2.24) is 19.7 Å². The summed E-state index contributed by atoms with van der Waals surface area (Å²) in [6, 6.07) is 10.7. The Morgan fingerprint density at radius 1 is 1.33 bits per heavy atom. The van der Waals surface area contributed by atoms with E-state index in [0.717, 1.165) is 59.3 Å². The lowest BCUT2D eigenvalue weighted by molar-refractivity contribution is -0.133. The predicted octanol–water partition coefficient (Wildman–Crippen LogP) is 4.68. The van der Waals surface area contributed by atoms with Gasteiger partial charge in [0.25, 0.3) is 0 Å². The molecule has 33 heavy (non-hydrogen) atoms. The van der Waals surface area contributed by atoms with Crippen molar-refractivity contribution in [2.75, 3.05) is 13.1 Å². The molecule has 0 aliphatic carbocycles. The van der Waals surface area contributed by atoms with E-state index >= 15 is 0 Å². The van der Waals surface area contributed by atoms with Gasteiger partial charge in [0.1, 0.15) is 12.3 Å². The van der Waals surface area contributed by atoms with Crippen molar-refractivity contribution in [3.63, 3.8) is 0 Å². The Kier molecular flexibility index (Phi) is 6.21. The number of aromatic nitrogens is 3. The number of carbonyl (C=O) groups excluding carboxylic acids is 1. The molecule has 1 radical (unpaired) electrons. The van der Waals surface area contributed by atoms with Crippen LogP contribution in [0.3, 0.4) is 0 Å². The lowest BCUT2D eigenvalue weighted by Gasteiger charge is -2.31. The Hall–Kier alpha value is -2.71. The molecule has 0 saturated carbocycles. The minimum Gasteiger partial charge on any atom is -0.387 e. The molecule has 1 amide bonds. The van der Waals surface area contributed by atoms with Crippen LogP contribution >= 0.6 is 22.9 Å². The van der Waals surface area contributed by atoms with E-state index in [0.29, 0.717) is 23.9 Å². The van der Waals surface area contributed by atoms with Gasteiger partial charge in [0, 0.05) is 47.1 Å². The number of hydrogen-bond donors (Lipinski definition) is 0. The van der Waals surface area contributed by atoms with E-state index in [2.05, 4.69) is 21.7 Å². The molecule has 4 heterocycles. The SMILES string of the molecule is Cc1cc(C)n(CC(=O)N2CCC(c3nc(C4=NO[C@@H](c5[c]cccc5Cl)C4)cs3)CC2)n1. The molecule has 5 rings (SSSR count). The van der Waals surface area contributed by atoms with Crippen molar-refractivity contribution < 1.29 is 9.63 Å². The van der Waals surface area contributed by atoms with Gasteiger partial charge in [-0.25, -0.2) is 4.98 Å². The van der Waals surface area contributed by atoms with E-state index < -0.39 is 0 Å². The second kappa shape index (κ2) is 9.27. The number of likely N-dealkylation sites (tertiary alicyclic amines) is 1. The van der Waals surface area contributed by atoms with E-state index in [-0.39, 0.29) is 12.0 Å². The molecule has 1 atom stereocenters. The second-order valence-electron chi connectivity index (χ2n) is 8.58. The number of piperidine rings is 1. The summed E-state index contributed by atoms with van der Waals surface area (Å²) in [5.74, 6) is 0.483. The van der Waals surface area contributed by atoms with Crippen LogP contribution in [0, 0.1) is 19.9 Å². The van der Waals surface area contributed by atoms with Crippen molar-refractivity contribution >= 4 is 34.6 Å². The van der Waals surface area contributed by atoms with Crippen LogP contribution in [0.2, 0.25) is 5.02 Å². The number of amides is 1.